The molecule has 102 valence electrons. The first kappa shape index (κ1) is 16.7. The molecule has 0 aromatic carbocycles. The van der Waals surface area contributed by atoms with E-state index in [1.807, 2.05) is 18.9 Å². The van der Waals surface area contributed by atoms with Gasteiger partial charge in [-0.1, -0.05) is 6.42 Å². The van der Waals surface area contributed by atoms with Crippen LogP contribution in [0.3, 0.4) is 0 Å². The van der Waals surface area contributed by atoms with Crippen LogP contribution in [0.1, 0.15) is 26.2 Å². The van der Waals surface area contributed by atoms with Crippen molar-refractivity contribution < 1.29 is 9.53 Å². The SMILES string of the molecule is COCC(C)N(C)C(=O)[C@@H]1CCC[C@@H]1CN.Cl. The number of carbonyl (C=O) groups is 1. The third-order valence-electron chi connectivity index (χ3n) is 3.70. The molecule has 0 spiro atoms. The summed E-state index contributed by atoms with van der Waals surface area (Å²) in [7, 11) is 3.52. The smallest absolute Gasteiger partial charge is 0.226 e. The molecule has 1 saturated carbocycles. The van der Waals surface area contributed by atoms with E-state index in [4.69, 9.17) is 10.5 Å². The van der Waals surface area contributed by atoms with Crippen molar-refractivity contribution in [2.75, 3.05) is 27.3 Å². The monoisotopic (exact) mass is 264 g/mol. The lowest BCUT2D eigenvalue weighted by Gasteiger charge is -2.29. The minimum Gasteiger partial charge on any atom is -0.383 e. The third-order valence-corrected chi connectivity index (χ3v) is 3.70. The fourth-order valence-corrected chi connectivity index (χ4v) is 2.48. The molecule has 0 bridgehead atoms. The second-order valence-corrected chi connectivity index (χ2v) is 4.79. The highest BCUT2D eigenvalue weighted by Crippen LogP contribution is 2.32. The summed E-state index contributed by atoms with van der Waals surface area (Å²) in [5.74, 6) is 0.747. The fraction of sp³-hybridized carbons (Fsp3) is 0.917. The Morgan fingerprint density at radius 3 is 2.71 bits per heavy atom. The molecule has 1 amide bonds. The summed E-state index contributed by atoms with van der Waals surface area (Å²) in [6.45, 7) is 3.22. The molecule has 0 aromatic rings. The van der Waals surface area contributed by atoms with Crippen molar-refractivity contribution in [3.05, 3.63) is 0 Å². The van der Waals surface area contributed by atoms with Crippen LogP contribution in [0, 0.1) is 11.8 Å². The highest BCUT2D eigenvalue weighted by Gasteiger charge is 2.34. The predicted octanol–water partition coefficient (Wildman–Crippen LogP) is 1.28. The number of amides is 1. The summed E-state index contributed by atoms with van der Waals surface area (Å²) < 4.78 is 5.07. The number of nitrogens with zero attached hydrogens (tertiary/aromatic N) is 1. The first-order valence-corrected chi connectivity index (χ1v) is 6.07. The summed E-state index contributed by atoms with van der Waals surface area (Å²) in [5, 5.41) is 0. The maximum Gasteiger partial charge on any atom is 0.226 e. The normalized spacial score (nSPS) is 25.2. The summed E-state index contributed by atoms with van der Waals surface area (Å²) in [6.07, 6.45) is 3.22. The van der Waals surface area contributed by atoms with Crippen molar-refractivity contribution >= 4 is 18.3 Å². The average Bonchev–Trinajstić information content (AvgIpc) is 2.75. The molecule has 0 aliphatic heterocycles. The van der Waals surface area contributed by atoms with E-state index < -0.39 is 0 Å². The quantitative estimate of drug-likeness (QED) is 0.814. The standard InChI is InChI=1S/C12H24N2O2.ClH/c1-9(8-16-3)14(2)12(15)11-6-4-5-10(11)7-13;/h9-11H,4-8,13H2,1-3H3;1H/t9?,10-,11-;/m1./s1. The number of rotatable bonds is 5. The van der Waals surface area contributed by atoms with E-state index in [0.29, 0.717) is 19.1 Å². The van der Waals surface area contributed by atoms with Gasteiger partial charge in [-0.25, -0.2) is 0 Å². The van der Waals surface area contributed by atoms with Gasteiger partial charge in [-0.2, -0.15) is 0 Å². The Bertz CT molecular complexity index is 239. The fourth-order valence-electron chi connectivity index (χ4n) is 2.48. The first-order valence-electron chi connectivity index (χ1n) is 6.07. The van der Waals surface area contributed by atoms with Gasteiger partial charge < -0.3 is 15.4 Å². The van der Waals surface area contributed by atoms with Gasteiger partial charge in [-0.15, -0.1) is 12.4 Å². The van der Waals surface area contributed by atoms with Crippen LogP contribution in [0.25, 0.3) is 0 Å². The molecule has 3 atom stereocenters. The van der Waals surface area contributed by atoms with Crippen LogP contribution in [-0.4, -0.2) is 44.2 Å². The highest BCUT2D eigenvalue weighted by atomic mass is 35.5. The van der Waals surface area contributed by atoms with Crippen molar-refractivity contribution in [3.63, 3.8) is 0 Å². The molecular weight excluding hydrogens is 240 g/mol. The molecule has 5 heteroatoms. The van der Waals surface area contributed by atoms with Gasteiger partial charge >= 0.3 is 0 Å². The van der Waals surface area contributed by atoms with Gasteiger partial charge in [-0.05, 0) is 32.2 Å². The van der Waals surface area contributed by atoms with Crippen LogP contribution in [0.2, 0.25) is 0 Å². The lowest BCUT2D eigenvalue weighted by Crippen LogP contribution is -2.43. The molecule has 1 unspecified atom stereocenters. The number of methoxy groups -OCH3 is 1. The molecule has 0 radical (unpaired) electrons. The molecular formula is C12H25ClN2O2. The maximum absolute atomic E-state index is 12.2. The summed E-state index contributed by atoms with van der Waals surface area (Å²) >= 11 is 0. The van der Waals surface area contributed by atoms with Gasteiger partial charge in [0.05, 0.1) is 12.6 Å². The molecule has 1 aliphatic rings. The van der Waals surface area contributed by atoms with E-state index in [1.54, 1.807) is 7.11 Å². The molecule has 17 heavy (non-hydrogen) atoms. The van der Waals surface area contributed by atoms with Crippen molar-refractivity contribution in [1.29, 1.82) is 0 Å². The number of halogens is 1. The average molecular weight is 265 g/mol. The summed E-state index contributed by atoms with van der Waals surface area (Å²) in [5.41, 5.74) is 5.70. The van der Waals surface area contributed by atoms with Crippen LogP contribution in [0.4, 0.5) is 0 Å². The molecule has 1 rings (SSSR count). The van der Waals surface area contributed by atoms with Gasteiger partial charge in [0.1, 0.15) is 0 Å². The minimum absolute atomic E-state index is 0. The highest BCUT2D eigenvalue weighted by molar-refractivity contribution is 5.85. The lowest BCUT2D eigenvalue weighted by molar-refractivity contribution is -0.138. The zero-order valence-electron chi connectivity index (χ0n) is 11.0. The van der Waals surface area contributed by atoms with Gasteiger partial charge in [-0.3, -0.25) is 4.79 Å². The van der Waals surface area contributed by atoms with E-state index in [1.165, 1.54) is 0 Å². The number of nitrogens with two attached hydrogens (primary N) is 1. The van der Waals surface area contributed by atoms with Crippen molar-refractivity contribution in [3.8, 4) is 0 Å². The Morgan fingerprint density at radius 2 is 2.18 bits per heavy atom. The Morgan fingerprint density at radius 1 is 1.53 bits per heavy atom. The molecule has 4 nitrogen and oxygen atoms in total. The summed E-state index contributed by atoms with van der Waals surface area (Å²) in [4.78, 5) is 14.1. The van der Waals surface area contributed by atoms with Crippen molar-refractivity contribution in [1.82, 2.24) is 4.90 Å². The maximum atomic E-state index is 12.2. The number of likely N-dealkylation sites (N-methyl/N-ethyl adjacent to an activating group) is 1. The number of hydrogen-bond donors (Lipinski definition) is 1. The van der Waals surface area contributed by atoms with Crippen molar-refractivity contribution in [2.24, 2.45) is 17.6 Å². The zero-order valence-corrected chi connectivity index (χ0v) is 11.8. The molecule has 1 aliphatic carbocycles. The number of carbonyl (C=O) groups excluding carboxylic acids is 1. The van der Waals surface area contributed by atoms with E-state index >= 15 is 0 Å². The van der Waals surface area contributed by atoms with E-state index in [0.717, 1.165) is 19.3 Å². The molecule has 0 aromatic heterocycles. The Hall–Kier alpha value is -0.320. The Balaban J connectivity index is 0.00000256. The minimum atomic E-state index is 0. The molecule has 0 heterocycles. The van der Waals surface area contributed by atoms with Gasteiger partial charge in [0.15, 0.2) is 0 Å². The van der Waals surface area contributed by atoms with Crippen LogP contribution in [0.5, 0.6) is 0 Å². The van der Waals surface area contributed by atoms with Gasteiger partial charge in [0.2, 0.25) is 5.91 Å². The van der Waals surface area contributed by atoms with Crippen molar-refractivity contribution in [2.45, 2.75) is 32.2 Å². The van der Waals surface area contributed by atoms with E-state index in [-0.39, 0.29) is 30.3 Å². The largest absolute Gasteiger partial charge is 0.383 e. The van der Waals surface area contributed by atoms with Gasteiger partial charge in [0, 0.05) is 20.1 Å². The first-order chi connectivity index (χ1) is 7.61. The molecule has 0 saturated heterocycles. The zero-order chi connectivity index (χ0) is 12.1. The van der Waals surface area contributed by atoms with Crippen LogP contribution in [0.15, 0.2) is 0 Å². The predicted molar refractivity (Wildman–Crippen MR) is 71.2 cm³/mol. The second kappa shape index (κ2) is 7.90. The lowest BCUT2D eigenvalue weighted by atomic mass is 9.94. The Kier molecular flexibility index (Phi) is 7.75. The third kappa shape index (κ3) is 4.12. The molecule has 2 N–H and O–H groups in total. The topological polar surface area (TPSA) is 55.6 Å². The van der Waals surface area contributed by atoms with E-state index in [2.05, 4.69) is 0 Å². The second-order valence-electron chi connectivity index (χ2n) is 4.79. The van der Waals surface area contributed by atoms with Crippen LogP contribution < -0.4 is 5.73 Å². The van der Waals surface area contributed by atoms with Gasteiger partial charge in [0.25, 0.3) is 0 Å². The van der Waals surface area contributed by atoms with Crippen LogP contribution >= 0.6 is 12.4 Å². The Labute approximate surface area is 110 Å². The number of hydrogen-bond acceptors (Lipinski definition) is 3. The molecule has 1 fully saturated rings. The van der Waals surface area contributed by atoms with Crippen LogP contribution in [-0.2, 0) is 9.53 Å². The number of ether oxygens (including phenoxy) is 1. The van der Waals surface area contributed by atoms with E-state index in [9.17, 15) is 4.79 Å². The summed E-state index contributed by atoms with van der Waals surface area (Å²) in [6, 6.07) is 0.136.